The molecule has 0 spiro atoms. The van der Waals surface area contributed by atoms with Crippen LogP contribution in [0, 0.1) is 11.3 Å². The first kappa shape index (κ1) is 14.3. The van der Waals surface area contributed by atoms with Crippen molar-refractivity contribution in [2.75, 3.05) is 26.2 Å². The number of fused-ring (bicyclic) bond motifs is 1. The van der Waals surface area contributed by atoms with Gasteiger partial charge in [0.25, 0.3) is 0 Å². The van der Waals surface area contributed by atoms with Crippen molar-refractivity contribution in [3.05, 3.63) is 0 Å². The summed E-state index contributed by atoms with van der Waals surface area (Å²) in [5.41, 5.74) is 0.439. The van der Waals surface area contributed by atoms with E-state index in [1.54, 1.807) is 0 Å². The maximum atomic E-state index is 2.80. The summed E-state index contributed by atoms with van der Waals surface area (Å²) in [6.07, 6.45) is 4.15. The Hall–Kier alpha value is -0.0800. The molecule has 2 nitrogen and oxygen atoms in total. The Balaban J connectivity index is 2.01. The highest BCUT2D eigenvalue weighted by Crippen LogP contribution is 2.32. The monoisotopic (exact) mass is 252 g/mol. The minimum Gasteiger partial charge on any atom is -0.298 e. The molecule has 2 heterocycles. The average molecular weight is 252 g/mol. The van der Waals surface area contributed by atoms with Crippen LogP contribution in [0.2, 0.25) is 0 Å². The zero-order chi connectivity index (χ0) is 13.3. The molecule has 2 aliphatic rings. The molecule has 0 aromatic rings. The van der Waals surface area contributed by atoms with Crippen molar-refractivity contribution >= 4 is 0 Å². The quantitative estimate of drug-likeness (QED) is 0.758. The summed E-state index contributed by atoms with van der Waals surface area (Å²) in [7, 11) is 0. The Bertz CT molecular complexity index is 272. The van der Waals surface area contributed by atoms with Gasteiger partial charge in [-0.25, -0.2) is 0 Å². The second-order valence-corrected chi connectivity index (χ2v) is 7.43. The molecule has 2 aliphatic heterocycles. The molecule has 0 aliphatic carbocycles. The van der Waals surface area contributed by atoms with Gasteiger partial charge in [0.05, 0.1) is 0 Å². The van der Waals surface area contributed by atoms with Gasteiger partial charge in [0.1, 0.15) is 0 Å². The molecule has 0 aromatic carbocycles. The largest absolute Gasteiger partial charge is 0.298 e. The molecule has 0 saturated carbocycles. The number of nitrogens with zero attached hydrogens (tertiary/aromatic N) is 2. The third-order valence-corrected chi connectivity index (χ3v) is 5.55. The topological polar surface area (TPSA) is 6.48 Å². The van der Waals surface area contributed by atoms with E-state index in [-0.39, 0.29) is 0 Å². The molecule has 2 heteroatoms. The highest BCUT2D eigenvalue weighted by atomic mass is 15.3. The van der Waals surface area contributed by atoms with E-state index in [4.69, 9.17) is 0 Å². The third-order valence-electron chi connectivity index (χ3n) is 5.55. The SMILES string of the molecule is CCC1CN2CCCC2CN1CC(C)(C)C(C)C. The maximum Gasteiger partial charge on any atom is 0.0224 e. The standard InChI is InChI=1S/C16H32N2/c1-6-14-10-17-9-7-8-15(17)11-18(14)12-16(4,5)13(2)3/h13-15H,6-12H2,1-5H3. The predicted octanol–water partition coefficient (Wildman–Crippen LogP) is 3.23. The van der Waals surface area contributed by atoms with Gasteiger partial charge in [-0.2, -0.15) is 0 Å². The fourth-order valence-electron chi connectivity index (χ4n) is 3.44. The van der Waals surface area contributed by atoms with Gasteiger partial charge in [0.15, 0.2) is 0 Å². The Morgan fingerprint density at radius 1 is 1.22 bits per heavy atom. The first-order chi connectivity index (χ1) is 8.44. The fraction of sp³-hybridized carbons (Fsp3) is 1.00. The summed E-state index contributed by atoms with van der Waals surface area (Å²) >= 11 is 0. The van der Waals surface area contributed by atoms with Crippen molar-refractivity contribution in [2.24, 2.45) is 11.3 Å². The van der Waals surface area contributed by atoms with E-state index in [1.807, 2.05) is 0 Å². The number of rotatable bonds is 4. The molecule has 2 saturated heterocycles. The minimum absolute atomic E-state index is 0.439. The van der Waals surface area contributed by atoms with Gasteiger partial charge in [-0.05, 0) is 37.1 Å². The molecule has 106 valence electrons. The van der Waals surface area contributed by atoms with Crippen LogP contribution in [0.25, 0.3) is 0 Å². The lowest BCUT2D eigenvalue weighted by atomic mass is 9.80. The molecule has 0 radical (unpaired) electrons. The van der Waals surface area contributed by atoms with Crippen molar-refractivity contribution in [3.8, 4) is 0 Å². The Morgan fingerprint density at radius 2 is 1.94 bits per heavy atom. The molecule has 0 bridgehead atoms. The number of hydrogen-bond acceptors (Lipinski definition) is 2. The van der Waals surface area contributed by atoms with Crippen LogP contribution >= 0.6 is 0 Å². The highest BCUT2D eigenvalue weighted by molar-refractivity contribution is 4.93. The van der Waals surface area contributed by atoms with Crippen LogP contribution in [0.3, 0.4) is 0 Å². The van der Waals surface area contributed by atoms with Crippen molar-refractivity contribution in [1.29, 1.82) is 0 Å². The molecule has 0 aromatic heterocycles. The van der Waals surface area contributed by atoms with E-state index in [0.29, 0.717) is 5.41 Å². The van der Waals surface area contributed by atoms with Gasteiger partial charge in [-0.3, -0.25) is 9.80 Å². The van der Waals surface area contributed by atoms with Gasteiger partial charge < -0.3 is 0 Å². The molecule has 0 amide bonds. The summed E-state index contributed by atoms with van der Waals surface area (Å²) in [6.45, 7) is 17.2. The van der Waals surface area contributed by atoms with Crippen LogP contribution in [0.4, 0.5) is 0 Å². The lowest BCUT2D eigenvalue weighted by Crippen LogP contribution is -2.57. The van der Waals surface area contributed by atoms with Gasteiger partial charge in [0.2, 0.25) is 0 Å². The molecule has 18 heavy (non-hydrogen) atoms. The molecule has 2 unspecified atom stereocenters. The summed E-state index contributed by atoms with van der Waals surface area (Å²) < 4.78 is 0. The normalized spacial score (nSPS) is 31.0. The maximum absolute atomic E-state index is 2.80. The Morgan fingerprint density at radius 3 is 2.56 bits per heavy atom. The van der Waals surface area contributed by atoms with E-state index < -0.39 is 0 Å². The van der Waals surface area contributed by atoms with Crippen LogP contribution in [-0.2, 0) is 0 Å². The van der Waals surface area contributed by atoms with Crippen LogP contribution in [0.1, 0.15) is 53.9 Å². The van der Waals surface area contributed by atoms with Gasteiger partial charge >= 0.3 is 0 Å². The molecule has 2 atom stereocenters. The Labute approximate surface area is 114 Å². The van der Waals surface area contributed by atoms with Crippen molar-refractivity contribution in [1.82, 2.24) is 9.80 Å². The van der Waals surface area contributed by atoms with Crippen LogP contribution < -0.4 is 0 Å². The summed E-state index contributed by atoms with van der Waals surface area (Å²) in [6, 6.07) is 1.65. The summed E-state index contributed by atoms with van der Waals surface area (Å²) in [4.78, 5) is 5.54. The van der Waals surface area contributed by atoms with E-state index in [2.05, 4.69) is 44.4 Å². The first-order valence-electron chi connectivity index (χ1n) is 7.92. The third kappa shape index (κ3) is 2.91. The highest BCUT2D eigenvalue weighted by Gasteiger charge is 2.37. The second kappa shape index (κ2) is 5.50. The van der Waals surface area contributed by atoms with Crippen molar-refractivity contribution in [3.63, 3.8) is 0 Å². The van der Waals surface area contributed by atoms with Gasteiger partial charge in [0, 0.05) is 31.7 Å². The van der Waals surface area contributed by atoms with Crippen molar-refractivity contribution < 1.29 is 0 Å². The lowest BCUT2D eigenvalue weighted by molar-refractivity contribution is 0.0140. The summed E-state index contributed by atoms with van der Waals surface area (Å²) in [5, 5.41) is 0. The molecular weight excluding hydrogens is 220 g/mol. The lowest BCUT2D eigenvalue weighted by Gasteiger charge is -2.47. The zero-order valence-corrected chi connectivity index (χ0v) is 13.1. The zero-order valence-electron chi connectivity index (χ0n) is 13.1. The van der Waals surface area contributed by atoms with E-state index >= 15 is 0 Å². The predicted molar refractivity (Wildman–Crippen MR) is 78.9 cm³/mol. The van der Waals surface area contributed by atoms with Crippen LogP contribution in [-0.4, -0.2) is 48.1 Å². The summed E-state index contributed by atoms with van der Waals surface area (Å²) in [5.74, 6) is 0.761. The minimum atomic E-state index is 0.439. The van der Waals surface area contributed by atoms with Crippen LogP contribution in [0.5, 0.6) is 0 Å². The van der Waals surface area contributed by atoms with Crippen molar-refractivity contribution in [2.45, 2.75) is 66.0 Å². The fourth-order valence-corrected chi connectivity index (χ4v) is 3.44. The second-order valence-electron chi connectivity index (χ2n) is 7.43. The number of hydrogen-bond donors (Lipinski definition) is 0. The molecule has 2 rings (SSSR count). The molecule has 2 fully saturated rings. The molecular formula is C16H32N2. The molecule has 0 N–H and O–H groups in total. The van der Waals surface area contributed by atoms with Crippen LogP contribution in [0.15, 0.2) is 0 Å². The van der Waals surface area contributed by atoms with Gasteiger partial charge in [-0.15, -0.1) is 0 Å². The van der Waals surface area contributed by atoms with E-state index in [9.17, 15) is 0 Å². The van der Waals surface area contributed by atoms with E-state index in [1.165, 1.54) is 45.4 Å². The smallest absolute Gasteiger partial charge is 0.0224 e. The Kier molecular flexibility index (Phi) is 4.38. The average Bonchev–Trinajstić information content (AvgIpc) is 2.74. The van der Waals surface area contributed by atoms with Gasteiger partial charge in [-0.1, -0.05) is 34.6 Å². The first-order valence-corrected chi connectivity index (χ1v) is 7.92. The van der Waals surface area contributed by atoms with E-state index in [0.717, 1.165) is 18.0 Å². The number of piperazine rings is 1.